The van der Waals surface area contributed by atoms with Crippen LogP contribution >= 0.6 is 0 Å². The molecule has 5 heterocycles. The van der Waals surface area contributed by atoms with Crippen LogP contribution in [0, 0.1) is 71.9 Å². The number of benzene rings is 10. The SMILES string of the molecule is CC(C)c1cc(-c2cc[c-]c(-c3ccccn3)c2)cc(C(C)C)c1.CCc1ccnc(-c2[c-]ccc(-c3ccccc3)c2)c1.Cc1cc(C)cc(-c2c[c-]c(-c3ccccn3)cc2)c1.Cc1cc(C)cc(-c2cc[c-]c(-c3nccc(C)c3C)c2)c1.[Ir].[Ir].[Ir].[Ir].[Ir].[c-]1cc(-c2ccccc2)ccc1-c1ccccn1. The summed E-state index contributed by atoms with van der Waals surface area (Å²) in [7, 11) is 0. The first-order chi connectivity index (χ1) is 50.6. The van der Waals surface area contributed by atoms with Gasteiger partial charge in [0.25, 0.3) is 0 Å². The van der Waals surface area contributed by atoms with Crippen molar-refractivity contribution in [3.63, 3.8) is 0 Å². The zero-order valence-electron chi connectivity index (χ0n) is 63.2. The number of hydrogen-bond acceptors (Lipinski definition) is 5. The van der Waals surface area contributed by atoms with E-state index in [0.29, 0.717) is 11.8 Å². The molecule has 0 amide bonds. The van der Waals surface area contributed by atoms with Crippen molar-refractivity contribution in [2.24, 2.45) is 0 Å². The molecule has 0 saturated carbocycles. The van der Waals surface area contributed by atoms with Crippen LogP contribution in [0.2, 0.25) is 0 Å². The predicted molar refractivity (Wildman–Crippen MR) is 436 cm³/mol. The monoisotopic (exact) mass is 2310 g/mol. The number of nitrogens with zero attached hydrogens (tertiary/aromatic N) is 5. The second-order valence-corrected chi connectivity index (χ2v) is 26.8. The Labute approximate surface area is 715 Å². The summed E-state index contributed by atoms with van der Waals surface area (Å²) in [5.41, 5.74) is 34.0. The van der Waals surface area contributed by atoms with Crippen molar-refractivity contribution in [1.82, 2.24) is 24.9 Å². The van der Waals surface area contributed by atoms with Crippen LogP contribution in [0.1, 0.15) is 96.5 Å². The molecule has 0 spiro atoms. The fourth-order valence-corrected chi connectivity index (χ4v) is 12.3. The van der Waals surface area contributed by atoms with Gasteiger partial charge in [-0.3, -0.25) is 0 Å². The normalized spacial score (nSPS) is 10.2. The maximum atomic E-state index is 4.55. The molecule has 109 heavy (non-hydrogen) atoms. The molecule has 10 heteroatoms. The van der Waals surface area contributed by atoms with E-state index in [1.165, 1.54) is 106 Å². The van der Waals surface area contributed by atoms with Crippen LogP contribution in [-0.4, -0.2) is 24.9 Å². The zero-order valence-corrected chi connectivity index (χ0v) is 75.2. The number of rotatable bonds is 13. The summed E-state index contributed by atoms with van der Waals surface area (Å²) >= 11 is 0. The Balaban J connectivity index is 0.000000211. The van der Waals surface area contributed by atoms with Gasteiger partial charge in [-0.15, -0.1) is 166 Å². The molecule has 5 radical (unpaired) electrons. The third-order valence-corrected chi connectivity index (χ3v) is 18.1. The van der Waals surface area contributed by atoms with Crippen LogP contribution in [-0.2, 0) is 107 Å². The van der Waals surface area contributed by atoms with E-state index in [1.54, 1.807) is 12.4 Å². The van der Waals surface area contributed by atoms with Crippen LogP contribution in [0.5, 0.6) is 0 Å². The molecular weight excluding hydrogens is 2220 g/mol. The molecule has 0 atom stereocenters. The molecule has 10 aromatic carbocycles. The van der Waals surface area contributed by atoms with E-state index in [4.69, 9.17) is 0 Å². The number of hydrogen-bond donors (Lipinski definition) is 0. The van der Waals surface area contributed by atoms with Crippen molar-refractivity contribution < 1.29 is 101 Å². The van der Waals surface area contributed by atoms with Crippen LogP contribution in [0.25, 0.3) is 112 Å². The van der Waals surface area contributed by atoms with Gasteiger partial charge in [0.05, 0.1) is 0 Å². The summed E-state index contributed by atoms with van der Waals surface area (Å²) in [4.78, 5) is 22.1. The van der Waals surface area contributed by atoms with Gasteiger partial charge in [-0.2, -0.15) is 0 Å². The van der Waals surface area contributed by atoms with Crippen molar-refractivity contribution in [3.05, 3.63) is 390 Å². The molecule has 5 nitrogen and oxygen atoms in total. The molecule has 0 fully saturated rings. The van der Waals surface area contributed by atoms with Crippen molar-refractivity contribution >= 4 is 0 Å². The maximum Gasteiger partial charge on any atom is 0.0163 e. The van der Waals surface area contributed by atoms with E-state index in [1.807, 2.05) is 134 Å². The zero-order chi connectivity index (χ0) is 72.7. The largest absolute Gasteiger partial charge is 0.305 e. The maximum absolute atomic E-state index is 4.55. The van der Waals surface area contributed by atoms with E-state index in [2.05, 4.69) is 295 Å². The van der Waals surface area contributed by atoms with Crippen LogP contribution in [0.4, 0.5) is 0 Å². The number of aromatic nitrogens is 5. The van der Waals surface area contributed by atoms with Crippen molar-refractivity contribution in [2.45, 2.75) is 94.4 Å². The Bertz CT molecular complexity index is 5110. The van der Waals surface area contributed by atoms with E-state index < -0.39 is 0 Å². The van der Waals surface area contributed by atoms with Crippen molar-refractivity contribution in [1.29, 1.82) is 0 Å². The van der Waals surface area contributed by atoms with Gasteiger partial charge in [0.2, 0.25) is 0 Å². The molecule has 0 bridgehead atoms. The van der Waals surface area contributed by atoms with Gasteiger partial charge in [0, 0.05) is 132 Å². The van der Waals surface area contributed by atoms with Gasteiger partial charge in [-0.25, -0.2) is 0 Å². The first kappa shape index (κ1) is 89.1. The van der Waals surface area contributed by atoms with Crippen molar-refractivity contribution in [3.8, 4) is 112 Å². The van der Waals surface area contributed by atoms with Crippen LogP contribution < -0.4 is 0 Å². The van der Waals surface area contributed by atoms with Gasteiger partial charge in [0.1, 0.15) is 0 Å². The average molecular weight is 2310 g/mol. The first-order valence-electron chi connectivity index (χ1n) is 35.8. The summed E-state index contributed by atoms with van der Waals surface area (Å²) in [6, 6.07) is 113. The topological polar surface area (TPSA) is 64.5 Å². The second kappa shape index (κ2) is 44.8. The third kappa shape index (κ3) is 25.6. The number of aryl methyl sites for hydroxylation is 6. The summed E-state index contributed by atoms with van der Waals surface area (Å²) < 4.78 is 0. The molecule has 0 aliphatic carbocycles. The second-order valence-electron chi connectivity index (χ2n) is 26.8. The smallest absolute Gasteiger partial charge is 0.0163 e. The molecule has 0 saturated heterocycles. The fourth-order valence-electron chi connectivity index (χ4n) is 12.3. The molecule has 0 unspecified atom stereocenters. The van der Waals surface area contributed by atoms with Crippen molar-refractivity contribution in [2.75, 3.05) is 0 Å². The van der Waals surface area contributed by atoms with Crippen LogP contribution in [0.15, 0.2) is 310 Å². The predicted octanol–water partition coefficient (Wildman–Crippen LogP) is 25.7. The Morgan fingerprint density at radius 2 is 0.651 bits per heavy atom. The minimum atomic E-state index is 0. The summed E-state index contributed by atoms with van der Waals surface area (Å²) in [5, 5.41) is 0. The van der Waals surface area contributed by atoms with Crippen LogP contribution in [0.3, 0.4) is 0 Å². The van der Waals surface area contributed by atoms with Gasteiger partial charge in [0.15, 0.2) is 0 Å². The average Bonchev–Trinajstić information content (AvgIpc) is 0.817. The fraction of sp³-hybridized carbons (Fsp3) is 0.141. The Morgan fingerprint density at radius 3 is 1.08 bits per heavy atom. The molecule has 15 rings (SSSR count). The third-order valence-electron chi connectivity index (χ3n) is 18.1. The molecule has 15 aromatic rings. The van der Waals surface area contributed by atoms with Gasteiger partial charge in [-0.1, -0.05) is 254 Å². The summed E-state index contributed by atoms with van der Waals surface area (Å²) in [6.07, 6.45) is 10.2. The van der Waals surface area contributed by atoms with Gasteiger partial charge < -0.3 is 24.9 Å². The minimum Gasteiger partial charge on any atom is -0.305 e. The summed E-state index contributed by atoms with van der Waals surface area (Å²) in [6.45, 7) is 23.9. The van der Waals surface area contributed by atoms with E-state index >= 15 is 0 Å². The first-order valence-corrected chi connectivity index (χ1v) is 35.8. The number of pyridine rings is 5. The molecule has 0 aliphatic rings. The molecule has 559 valence electrons. The van der Waals surface area contributed by atoms with Gasteiger partial charge in [-0.05, 0) is 146 Å². The van der Waals surface area contributed by atoms with Gasteiger partial charge >= 0.3 is 0 Å². The van der Waals surface area contributed by atoms with E-state index in [-0.39, 0.29) is 101 Å². The molecular formula is C99H88Ir5N5-5. The standard InChI is InChI=1S/C23H24N.C21H20N.2C19H16N.C17H12N.5Ir/c1-16(2)20-13-21(17(3)4)15-22(14-20)18-8-7-9-19(12-18)23-10-5-6-11-24-23;1-14-10-15(2)12-20(11-14)18-6-5-7-19(13-18)21-17(4)16(3)8-9-22-21;1-14-11-15(2)13-18(12-14)16-6-8-17(9-7-16)19-5-3-4-10-20-19;1-2-15-11-12-20-19(13-15)18-10-6-9-17(14-18)16-7-4-3-5-8-16;1-2-6-14(7-3-1)15-9-11-16(12-10-15)17-8-4-5-13-18-17;;;;;/h5-8,10-17H,1-4H3;5-6,8-13H,1-4H3;3-8,10-13H,1-2H3;3-9,11-14H,2H2,1H3;1-11,13H;;;;;/q5*-1;;;;;. The summed E-state index contributed by atoms with van der Waals surface area (Å²) in [5.74, 6) is 1.04. The van der Waals surface area contributed by atoms with E-state index in [9.17, 15) is 0 Å². The Kier molecular flexibility index (Phi) is 36.6. The molecule has 0 aliphatic heterocycles. The van der Waals surface area contributed by atoms with E-state index in [0.717, 1.165) is 62.7 Å². The Hall–Kier alpha value is -8.80. The quantitative estimate of drug-likeness (QED) is 0.108. The molecule has 0 N–H and O–H groups in total. The Morgan fingerprint density at radius 1 is 0.275 bits per heavy atom. The molecule has 5 aromatic heterocycles. The minimum absolute atomic E-state index is 0.